The van der Waals surface area contributed by atoms with Crippen LogP contribution in [-0.2, 0) is 4.79 Å². The van der Waals surface area contributed by atoms with Crippen LogP contribution < -0.4 is 20.1 Å². The number of rotatable bonds is 5. The molecule has 0 unspecified atom stereocenters. The second kappa shape index (κ2) is 9.43. The van der Waals surface area contributed by atoms with Crippen LogP contribution in [-0.4, -0.2) is 25.2 Å². The number of nitrogens with one attached hydrogen (secondary N) is 2. The van der Waals surface area contributed by atoms with Crippen molar-refractivity contribution in [2.75, 3.05) is 19.5 Å². The second-order valence-electron chi connectivity index (χ2n) is 5.05. The van der Waals surface area contributed by atoms with Crippen LogP contribution in [0.25, 0.3) is 6.08 Å². The van der Waals surface area contributed by atoms with Gasteiger partial charge in [-0.2, -0.15) is 0 Å². The SMILES string of the molecule is COc1ccc(C=CC(=O)NC(=S)Nc2cc(Cl)cc(Cl)c2)cc1OC. The Morgan fingerprint density at radius 1 is 1.04 bits per heavy atom. The minimum absolute atomic E-state index is 0.130. The summed E-state index contributed by atoms with van der Waals surface area (Å²) in [6.07, 6.45) is 3.00. The van der Waals surface area contributed by atoms with Gasteiger partial charge < -0.3 is 14.8 Å². The Morgan fingerprint density at radius 2 is 1.69 bits per heavy atom. The van der Waals surface area contributed by atoms with Gasteiger partial charge in [0.15, 0.2) is 16.6 Å². The third kappa shape index (κ3) is 5.91. The van der Waals surface area contributed by atoms with E-state index in [4.69, 9.17) is 44.9 Å². The molecule has 2 N–H and O–H groups in total. The summed E-state index contributed by atoms with van der Waals surface area (Å²) in [5.74, 6) is 0.801. The molecule has 2 aromatic rings. The van der Waals surface area contributed by atoms with Gasteiger partial charge in [-0.25, -0.2) is 0 Å². The minimum atomic E-state index is -0.384. The number of benzene rings is 2. The van der Waals surface area contributed by atoms with E-state index in [0.29, 0.717) is 27.2 Å². The Kier molecular flexibility index (Phi) is 7.26. The van der Waals surface area contributed by atoms with Crippen LogP contribution in [0.4, 0.5) is 5.69 Å². The van der Waals surface area contributed by atoms with Gasteiger partial charge in [0.2, 0.25) is 5.91 Å². The summed E-state index contributed by atoms with van der Waals surface area (Å²) in [4.78, 5) is 12.0. The van der Waals surface area contributed by atoms with E-state index in [1.54, 1.807) is 56.7 Å². The van der Waals surface area contributed by atoms with E-state index in [2.05, 4.69) is 10.6 Å². The average Bonchev–Trinajstić information content (AvgIpc) is 2.58. The summed E-state index contributed by atoms with van der Waals surface area (Å²) < 4.78 is 10.4. The second-order valence-corrected chi connectivity index (χ2v) is 6.33. The molecule has 0 aliphatic heterocycles. The fourth-order valence-corrected chi connectivity index (χ4v) is 2.81. The van der Waals surface area contributed by atoms with E-state index in [1.165, 1.54) is 6.08 Å². The number of hydrogen-bond donors (Lipinski definition) is 2. The molecule has 136 valence electrons. The molecule has 0 heterocycles. The van der Waals surface area contributed by atoms with E-state index in [0.717, 1.165) is 5.56 Å². The highest BCUT2D eigenvalue weighted by atomic mass is 35.5. The van der Waals surface area contributed by atoms with Gasteiger partial charge >= 0.3 is 0 Å². The zero-order valence-corrected chi connectivity index (χ0v) is 16.3. The number of ether oxygens (including phenoxy) is 2. The average molecular weight is 411 g/mol. The number of halogens is 2. The van der Waals surface area contributed by atoms with E-state index < -0.39 is 0 Å². The van der Waals surface area contributed by atoms with Gasteiger partial charge in [0.05, 0.1) is 14.2 Å². The third-order valence-electron chi connectivity index (χ3n) is 3.19. The zero-order valence-electron chi connectivity index (χ0n) is 14.0. The predicted octanol–water partition coefficient (Wildman–Crippen LogP) is 4.54. The lowest BCUT2D eigenvalue weighted by Crippen LogP contribution is -2.32. The molecule has 0 bridgehead atoms. The first-order valence-corrected chi connectivity index (χ1v) is 8.56. The molecule has 0 fully saturated rings. The van der Waals surface area contributed by atoms with Crippen molar-refractivity contribution in [1.29, 1.82) is 0 Å². The maximum atomic E-state index is 12.0. The number of thiocarbonyl (C=S) groups is 1. The number of hydrogen-bond acceptors (Lipinski definition) is 4. The van der Waals surface area contributed by atoms with Gasteiger partial charge in [-0.1, -0.05) is 29.3 Å². The molecule has 2 rings (SSSR count). The number of anilines is 1. The van der Waals surface area contributed by atoms with Crippen LogP contribution >= 0.6 is 35.4 Å². The first kappa shape index (κ1) is 20.0. The van der Waals surface area contributed by atoms with Crippen molar-refractivity contribution >= 4 is 58.2 Å². The molecule has 2 aromatic carbocycles. The van der Waals surface area contributed by atoms with Gasteiger partial charge in [-0.05, 0) is 54.2 Å². The van der Waals surface area contributed by atoms with Gasteiger partial charge in [0.25, 0.3) is 0 Å². The topological polar surface area (TPSA) is 59.6 Å². The molecule has 0 aromatic heterocycles. The van der Waals surface area contributed by atoms with Gasteiger partial charge in [-0.3, -0.25) is 10.1 Å². The molecular weight excluding hydrogens is 395 g/mol. The molecule has 26 heavy (non-hydrogen) atoms. The molecule has 0 saturated heterocycles. The van der Waals surface area contributed by atoms with Crippen LogP contribution in [0.5, 0.6) is 11.5 Å². The van der Waals surface area contributed by atoms with E-state index >= 15 is 0 Å². The normalized spacial score (nSPS) is 10.5. The Hall–Kier alpha value is -2.28. The molecule has 0 saturated carbocycles. The van der Waals surface area contributed by atoms with Crippen molar-refractivity contribution in [2.24, 2.45) is 0 Å². The summed E-state index contributed by atoms with van der Waals surface area (Å²) in [5.41, 5.74) is 1.36. The maximum absolute atomic E-state index is 12.0. The fraction of sp³-hybridized carbons (Fsp3) is 0.111. The van der Waals surface area contributed by atoms with Gasteiger partial charge in [-0.15, -0.1) is 0 Å². The summed E-state index contributed by atoms with van der Waals surface area (Å²) in [6, 6.07) is 10.2. The zero-order chi connectivity index (χ0) is 19.1. The van der Waals surface area contributed by atoms with Crippen molar-refractivity contribution < 1.29 is 14.3 Å². The molecule has 5 nitrogen and oxygen atoms in total. The smallest absolute Gasteiger partial charge is 0.250 e. The van der Waals surface area contributed by atoms with Gasteiger partial charge in [0.1, 0.15) is 0 Å². The van der Waals surface area contributed by atoms with Crippen LogP contribution in [0.2, 0.25) is 10.0 Å². The van der Waals surface area contributed by atoms with Crippen LogP contribution in [0.3, 0.4) is 0 Å². The number of carbonyl (C=O) groups excluding carboxylic acids is 1. The maximum Gasteiger partial charge on any atom is 0.250 e. The van der Waals surface area contributed by atoms with E-state index in [-0.39, 0.29) is 11.0 Å². The lowest BCUT2D eigenvalue weighted by atomic mass is 10.2. The molecule has 0 aliphatic carbocycles. The fourth-order valence-electron chi connectivity index (χ4n) is 2.07. The molecule has 0 atom stereocenters. The van der Waals surface area contributed by atoms with Crippen molar-refractivity contribution in [3.8, 4) is 11.5 Å². The Balaban J connectivity index is 1.97. The van der Waals surface area contributed by atoms with E-state index in [9.17, 15) is 4.79 Å². The van der Waals surface area contributed by atoms with Crippen molar-refractivity contribution in [3.63, 3.8) is 0 Å². The van der Waals surface area contributed by atoms with Crippen LogP contribution in [0, 0.1) is 0 Å². The Morgan fingerprint density at radius 3 is 2.31 bits per heavy atom. The highest BCUT2D eigenvalue weighted by molar-refractivity contribution is 7.80. The van der Waals surface area contributed by atoms with Crippen LogP contribution in [0.1, 0.15) is 5.56 Å². The number of carbonyl (C=O) groups is 1. The molecule has 1 amide bonds. The molecule has 0 radical (unpaired) electrons. The summed E-state index contributed by atoms with van der Waals surface area (Å²) >= 11 is 16.9. The lowest BCUT2D eigenvalue weighted by molar-refractivity contribution is -0.115. The summed E-state index contributed by atoms with van der Waals surface area (Å²) in [5, 5.41) is 6.44. The first-order valence-electron chi connectivity index (χ1n) is 7.39. The molecular formula is C18H16Cl2N2O3S. The first-order chi connectivity index (χ1) is 12.4. The van der Waals surface area contributed by atoms with Crippen LogP contribution in [0.15, 0.2) is 42.5 Å². The Bertz CT molecular complexity index is 836. The largest absolute Gasteiger partial charge is 0.493 e. The van der Waals surface area contributed by atoms with Crippen molar-refractivity contribution in [3.05, 3.63) is 58.1 Å². The predicted molar refractivity (Wildman–Crippen MR) is 109 cm³/mol. The monoisotopic (exact) mass is 410 g/mol. The summed E-state index contributed by atoms with van der Waals surface area (Å²) in [6.45, 7) is 0. The third-order valence-corrected chi connectivity index (χ3v) is 3.83. The molecule has 0 spiro atoms. The number of amides is 1. The quantitative estimate of drug-likeness (QED) is 0.559. The number of methoxy groups -OCH3 is 2. The molecule has 8 heteroatoms. The van der Waals surface area contributed by atoms with Crippen molar-refractivity contribution in [2.45, 2.75) is 0 Å². The minimum Gasteiger partial charge on any atom is -0.493 e. The summed E-state index contributed by atoms with van der Waals surface area (Å²) in [7, 11) is 3.10. The standard InChI is InChI=1S/C18H16Cl2N2O3S/c1-24-15-5-3-11(7-16(15)25-2)4-6-17(23)22-18(26)21-14-9-12(19)8-13(20)10-14/h3-10H,1-2H3,(H2,21,22,23,26). The Labute approximate surface area is 166 Å². The lowest BCUT2D eigenvalue weighted by Gasteiger charge is -2.09. The highest BCUT2D eigenvalue weighted by Crippen LogP contribution is 2.28. The molecule has 0 aliphatic rings. The highest BCUT2D eigenvalue weighted by Gasteiger charge is 2.05. The van der Waals surface area contributed by atoms with Gasteiger partial charge in [0, 0.05) is 21.8 Å². The van der Waals surface area contributed by atoms with Crippen molar-refractivity contribution in [1.82, 2.24) is 5.32 Å². The van der Waals surface area contributed by atoms with E-state index in [1.807, 2.05) is 0 Å².